The number of H-pyrrole nitrogens is 1. The summed E-state index contributed by atoms with van der Waals surface area (Å²) in [4.78, 5) is 7.43. The van der Waals surface area contributed by atoms with Crippen molar-refractivity contribution >= 4 is 27.9 Å². The summed E-state index contributed by atoms with van der Waals surface area (Å²) in [5.41, 5.74) is 9.07. The Morgan fingerprint density at radius 1 is 1.16 bits per heavy atom. The number of para-hydroxylation sites is 2. The molecule has 0 bridgehead atoms. The monoisotopic (exact) mass is 271 g/mol. The lowest BCUT2D eigenvalue weighted by molar-refractivity contribution is 0.587. The summed E-state index contributed by atoms with van der Waals surface area (Å²) in [7, 11) is 0. The number of hydrogen-bond acceptors (Lipinski definition) is 3. The van der Waals surface area contributed by atoms with Gasteiger partial charge in [0.25, 0.3) is 0 Å². The third kappa shape index (κ3) is 2.57. The molecule has 3 rings (SSSR count). The number of aromatic amines is 1. The summed E-state index contributed by atoms with van der Waals surface area (Å²) < 4.78 is 12.3. The molecule has 1 aromatic heterocycles. The molecule has 2 aromatic carbocycles. The van der Waals surface area contributed by atoms with Crippen molar-refractivity contribution in [1.29, 1.82) is 0 Å². The van der Waals surface area contributed by atoms with Crippen molar-refractivity contribution in [3.63, 3.8) is 0 Å². The fourth-order valence-corrected chi connectivity index (χ4v) is 2.98. The average molecular weight is 271 g/mol. The summed E-state index contributed by atoms with van der Waals surface area (Å²) >= 11 is -1.20. The molecule has 0 amide bonds. The van der Waals surface area contributed by atoms with Gasteiger partial charge < -0.3 is 10.3 Å². The minimum Gasteiger partial charge on any atom is -0.609 e. The zero-order valence-electron chi connectivity index (χ0n) is 10.2. The molecule has 0 saturated carbocycles. The number of benzene rings is 2. The van der Waals surface area contributed by atoms with Crippen LogP contribution in [0.1, 0.15) is 5.56 Å². The van der Waals surface area contributed by atoms with E-state index in [0.29, 0.717) is 16.6 Å². The predicted octanol–water partition coefficient (Wildman–Crippen LogP) is 2.45. The van der Waals surface area contributed by atoms with Crippen LogP contribution >= 0.6 is 0 Å². The second kappa shape index (κ2) is 4.95. The predicted molar refractivity (Wildman–Crippen MR) is 77.1 cm³/mol. The molecule has 0 saturated heterocycles. The first-order valence-electron chi connectivity index (χ1n) is 5.90. The highest BCUT2D eigenvalue weighted by atomic mass is 32.2. The quantitative estimate of drug-likeness (QED) is 0.567. The topological polar surface area (TPSA) is 77.8 Å². The summed E-state index contributed by atoms with van der Waals surface area (Å²) in [5, 5.41) is 0.503. The molecular weight excluding hydrogens is 258 g/mol. The number of nitrogens with one attached hydrogen (secondary N) is 1. The summed E-state index contributed by atoms with van der Waals surface area (Å²) in [6, 6.07) is 15.1. The third-order valence-electron chi connectivity index (χ3n) is 2.83. The Balaban J connectivity index is 1.85. The van der Waals surface area contributed by atoms with E-state index in [2.05, 4.69) is 9.97 Å². The molecule has 96 valence electrons. The molecule has 5 heteroatoms. The molecule has 0 fully saturated rings. The molecule has 3 aromatic rings. The maximum absolute atomic E-state index is 12.3. The first kappa shape index (κ1) is 12.1. The van der Waals surface area contributed by atoms with Crippen molar-refractivity contribution in [2.24, 2.45) is 0 Å². The molecule has 0 aliphatic carbocycles. The zero-order chi connectivity index (χ0) is 13.2. The van der Waals surface area contributed by atoms with Crippen LogP contribution in [-0.4, -0.2) is 14.5 Å². The van der Waals surface area contributed by atoms with Gasteiger partial charge in [0, 0.05) is 22.4 Å². The van der Waals surface area contributed by atoms with Gasteiger partial charge in [0.15, 0.2) is 0 Å². The lowest BCUT2D eigenvalue weighted by atomic mass is 10.2. The maximum Gasteiger partial charge on any atom is 0.321 e. The van der Waals surface area contributed by atoms with E-state index in [1.807, 2.05) is 48.5 Å². The number of nitrogens with zero attached hydrogens (tertiary/aromatic N) is 1. The average Bonchev–Trinajstić information content (AvgIpc) is 2.82. The number of aromatic nitrogens is 2. The minimum absolute atomic E-state index is 0.408. The van der Waals surface area contributed by atoms with E-state index in [-0.39, 0.29) is 0 Å². The molecule has 1 heterocycles. The number of nitrogen functional groups attached to an aromatic ring is 1. The van der Waals surface area contributed by atoms with Gasteiger partial charge >= 0.3 is 5.16 Å². The van der Waals surface area contributed by atoms with Crippen LogP contribution in [-0.2, 0) is 16.9 Å². The van der Waals surface area contributed by atoms with Crippen LogP contribution in [0.15, 0.2) is 53.7 Å². The minimum atomic E-state index is -1.20. The van der Waals surface area contributed by atoms with E-state index >= 15 is 0 Å². The van der Waals surface area contributed by atoms with Gasteiger partial charge in [-0.3, -0.25) is 4.98 Å². The standard InChI is InChI=1S/C14H13N3OS/c15-11-5-3-4-10(8-11)9-19(18)14-16-12-6-1-2-7-13(12)17-14/h1-8H,9,15H2,(H,16,17). The lowest BCUT2D eigenvalue weighted by Crippen LogP contribution is -2.07. The van der Waals surface area contributed by atoms with Crippen molar-refractivity contribution in [2.75, 3.05) is 5.73 Å². The highest BCUT2D eigenvalue weighted by Gasteiger charge is 2.16. The second-order valence-corrected chi connectivity index (χ2v) is 5.66. The SMILES string of the molecule is Nc1cccc(C[S+]([O-])c2nc3ccccc3[nH]2)c1. The van der Waals surface area contributed by atoms with Gasteiger partial charge in [0.1, 0.15) is 5.75 Å². The second-order valence-electron chi connectivity index (χ2n) is 4.29. The van der Waals surface area contributed by atoms with Gasteiger partial charge in [0.05, 0.1) is 11.0 Å². The van der Waals surface area contributed by atoms with E-state index in [0.717, 1.165) is 16.6 Å². The van der Waals surface area contributed by atoms with Crippen LogP contribution < -0.4 is 5.73 Å². The highest BCUT2D eigenvalue weighted by molar-refractivity contribution is 7.90. The van der Waals surface area contributed by atoms with Crippen LogP contribution in [0.5, 0.6) is 0 Å². The van der Waals surface area contributed by atoms with Crippen LogP contribution in [0.3, 0.4) is 0 Å². The van der Waals surface area contributed by atoms with E-state index < -0.39 is 11.2 Å². The Morgan fingerprint density at radius 2 is 2.00 bits per heavy atom. The Morgan fingerprint density at radius 3 is 2.79 bits per heavy atom. The molecule has 19 heavy (non-hydrogen) atoms. The molecular formula is C14H13N3OS. The van der Waals surface area contributed by atoms with Crippen LogP contribution in [0.4, 0.5) is 5.69 Å². The van der Waals surface area contributed by atoms with E-state index in [1.54, 1.807) is 0 Å². The van der Waals surface area contributed by atoms with Gasteiger partial charge in [-0.15, -0.1) is 0 Å². The molecule has 1 atom stereocenters. The molecule has 4 nitrogen and oxygen atoms in total. The molecule has 0 spiro atoms. The summed E-state index contributed by atoms with van der Waals surface area (Å²) in [6.45, 7) is 0. The Labute approximate surface area is 113 Å². The first-order chi connectivity index (χ1) is 9.22. The van der Waals surface area contributed by atoms with Crippen molar-refractivity contribution in [1.82, 2.24) is 9.97 Å². The number of anilines is 1. The number of rotatable bonds is 3. The fraction of sp³-hybridized carbons (Fsp3) is 0.0714. The molecule has 1 unspecified atom stereocenters. The Hall–Kier alpha value is -1.98. The Kier molecular flexibility index (Phi) is 3.15. The van der Waals surface area contributed by atoms with Crippen LogP contribution in [0, 0.1) is 0 Å². The van der Waals surface area contributed by atoms with Crippen molar-refractivity contribution in [3.05, 3.63) is 54.1 Å². The van der Waals surface area contributed by atoms with Gasteiger partial charge in [-0.25, -0.2) is 0 Å². The maximum atomic E-state index is 12.3. The van der Waals surface area contributed by atoms with Crippen molar-refractivity contribution < 1.29 is 4.55 Å². The molecule has 0 aliphatic rings. The number of hydrogen-bond donors (Lipinski definition) is 2. The number of nitrogens with two attached hydrogens (primary N) is 1. The lowest BCUT2D eigenvalue weighted by Gasteiger charge is -2.07. The van der Waals surface area contributed by atoms with Crippen LogP contribution in [0.2, 0.25) is 0 Å². The summed E-state index contributed by atoms with van der Waals surface area (Å²) in [5.74, 6) is 0.408. The number of imidazole rings is 1. The van der Waals surface area contributed by atoms with Crippen LogP contribution in [0.25, 0.3) is 11.0 Å². The van der Waals surface area contributed by atoms with E-state index in [1.165, 1.54) is 0 Å². The normalized spacial score (nSPS) is 12.7. The van der Waals surface area contributed by atoms with Crippen molar-refractivity contribution in [3.8, 4) is 0 Å². The smallest absolute Gasteiger partial charge is 0.321 e. The van der Waals surface area contributed by atoms with Crippen molar-refractivity contribution in [2.45, 2.75) is 10.9 Å². The molecule has 0 radical (unpaired) electrons. The largest absolute Gasteiger partial charge is 0.609 e. The zero-order valence-corrected chi connectivity index (χ0v) is 11.0. The van der Waals surface area contributed by atoms with Gasteiger partial charge in [0.2, 0.25) is 0 Å². The summed E-state index contributed by atoms with van der Waals surface area (Å²) in [6.07, 6.45) is 0. The Bertz CT molecular complexity index is 677. The third-order valence-corrected chi connectivity index (χ3v) is 4.05. The van der Waals surface area contributed by atoms with Gasteiger partial charge in [-0.2, -0.15) is 4.98 Å². The number of fused-ring (bicyclic) bond motifs is 1. The highest BCUT2D eigenvalue weighted by Crippen LogP contribution is 2.18. The van der Waals surface area contributed by atoms with E-state index in [4.69, 9.17) is 5.73 Å². The van der Waals surface area contributed by atoms with E-state index in [9.17, 15) is 4.55 Å². The van der Waals surface area contributed by atoms with Gasteiger partial charge in [-0.05, 0) is 24.3 Å². The fourth-order valence-electron chi connectivity index (χ4n) is 1.94. The first-order valence-corrected chi connectivity index (χ1v) is 7.22. The molecule has 3 N–H and O–H groups in total. The van der Waals surface area contributed by atoms with Gasteiger partial charge in [-0.1, -0.05) is 24.3 Å². The molecule has 0 aliphatic heterocycles.